The van der Waals surface area contributed by atoms with E-state index in [0.717, 1.165) is 59.4 Å². The normalized spacial score (nSPS) is 20.3. The fourth-order valence-electron chi connectivity index (χ4n) is 4.89. The number of piperidine rings is 2. The zero-order valence-electron chi connectivity index (χ0n) is 17.4. The number of aromatic nitrogens is 1. The number of hydrogen-bond donors (Lipinski definition) is 1. The molecule has 2 fully saturated rings. The number of carbonyl (C=O) groups excluding carboxylic acids is 2. The lowest BCUT2D eigenvalue weighted by Crippen LogP contribution is -2.39. The highest BCUT2D eigenvalue weighted by atomic mass is 35.5. The molecule has 1 N–H and O–H groups in total. The zero-order valence-corrected chi connectivity index (χ0v) is 18.1. The van der Waals surface area contributed by atoms with Crippen molar-refractivity contribution < 1.29 is 14.1 Å². The molecule has 5 rings (SSSR count). The monoisotopic (exact) mass is 437 g/mol. The molecule has 0 aliphatic carbocycles. The Kier molecular flexibility index (Phi) is 5.18. The van der Waals surface area contributed by atoms with E-state index in [2.05, 4.69) is 27.5 Å². The number of aryl methyl sites for hydroxylation is 1. The van der Waals surface area contributed by atoms with Gasteiger partial charge in [0.2, 0.25) is 11.8 Å². The van der Waals surface area contributed by atoms with E-state index < -0.39 is 0 Å². The second-order valence-electron chi connectivity index (χ2n) is 8.44. The van der Waals surface area contributed by atoms with Gasteiger partial charge in [-0.3, -0.25) is 14.9 Å². The Balaban J connectivity index is 1.35. The van der Waals surface area contributed by atoms with Crippen LogP contribution in [0, 0.1) is 6.92 Å². The summed E-state index contributed by atoms with van der Waals surface area (Å²) in [4.78, 5) is 26.2. The summed E-state index contributed by atoms with van der Waals surface area (Å²) in [6, 6.07) is 12.1. The van der Waals surface area contributed by atoms with Gasteiger partial charge in [0, 0.05) is 29.9 Å². The highest BCUT2D eigenvalue weighted by Crippen LogP contribution is 2.40. The lowest BCUT2D eigenvalue weighted by molar-refractivity contribution is -0.134. The van der Waals surface area contributed by atoms with Crippen molar-refractivity contribution in [3.05, 3.63) is 58.2 Å². The summed E-state index contributed by atoms with van der Waals surface area (Å²) in [5, 5.41) is 8.28. The van der Waals surface area contributed by atoms with Crippen LogP contribution in [0.3, 0.4) is 0 Å². The molecular formula is C24H24ClN3O3. The van der Waals surface area contributed by atoms with Crippen molar-refractivity contribution in [2.45, 2.75) is 44.4 Å². The van der Waals surface area contributed by atoms with Crippen molar-refractivity contribution in [3.8, 4) is 0 Å². The van der Waals surface area contributed by atoms with Gasteiger partial charge in [-0.15, -0.1) is 0 Å². The van der Waals surface area contributed by atoms with Crippen LogP contribution in [-0.2, 0) is 9.59 Å². The molecule has 1 atom stereocenters. The molecule has 3 heterocycles. The molecule has 3 aromatic rings. The predicted octanol–water partition coefficient (Wildman–Crippen LogP) is 4.69. The molecule has 6 nitrogen and oxygen atoms in total. The minimum absolute atomic E-state index is 0.210. The first-order valence-electron chi connectivity index (χ1n) is 10.7. The van der Waals surface area contributed by atoms with Gasteiger partial charge in [-0.1, -0.05) is 41.0 Å². The maximum absolute atomic E-state index is 12.3. The van der Waals surface area contributed by atoms with Gasteiger partial charge in [-0.05, 0) is 55.4 Å². The number of nitrogens with one attached hydrogen (secondary N) is 1. The number of rotatable bonds is 3. The lowest BCUT2D eigenvalue weighted by atomic mass is 9.84. The van der Waals surface area contributed by atoms with Gasteiger partial charge in [0.25, 0.3) is 0 Å². The van der Waals surface area contributed by atoms with Crippen LogP contribution >= 0.6 is 11.6 Å². The molecule has 160 valence electrons. The van der Waals surface area contributed by atoms with Crippen molar-refractivity contribution in [1.82, 2.24) is 10.5 Å². The van der Waals surface area contributed by atoms with Crippen LogP contribution in [0.5, 0.6) is 0 Å². The molecule has 2 aliphatic heterocycles. The van der Waals surface area contributed by atoms with E-state index in [-0.39, 0.29) is 17.7 Å². The minimum atomic E-state index is -0.363. The second-order valence-corrected chi connectivity index (χ2v) is 8.82. The Morgan fingerprint density at radius 2 is 1.81 bits per heavy atom. The Morgan fingerprint density at radius 3 is 2.58 bits per heavy atom. The smallest absolute Gasteiger partial charge is 0.234 e. The molecule has 0 radical (unpaired) electrons. The summed E-state index contributed by atoms with van der Waals surface area (Å²) in [6.45, 7) is 3.74. The molecular weight excluding hydrogens is 414 g/mol. The molecule has 1 aromatic heterocycles. The molecule has 31 heavy (non-hydrogen) atoms. The molecule has 2 aromatic carbocycles. The average Bonchev–Trinajstić information content (AvgIpc) is 3.16. The van der Waals surface area contributed by atoms with E-state index in [1.165, 1.54) is 0 Å². The molecule has 2 saturated heterocycles. The van der Waals surface area contributed by atoms with E-state index in [9.17, 15) is 9.59 Å². The van der Waals surface area contributed by atoms with Crippen LogP contribution < -0.4 is 10.2 Å². The van der Waals surface area contributed by atoms with E-state index in [4.69, 9.17) is 16.1 Å². The lowest BCUT2D eigenvalue weighted by Gasteiger charge is -2.34. The number of halogens is 1. The summed E-state index contributed by atoms with van der Waals surface area (Å²) >= 11 is 6.81. The van der Waals surface area contributed by atoms with Crippen molar-refractivity contribution in [2.24, 2.45) is 0 Å². The second kappa shape index (κ2) is 8.00. The van der Waals surface area contributed by atoms with Gasteiger partial charge in [0.1, 0.15) is 0 Å². The van der Waals surface area contributed by atoms with Gasteiger partial charge < -0.3 is 9.42 Å². The highest BCUT2D eigenvalue weighted by molar-refractivity contribution is 6.32. The molecule has 0 bridgehead atoms. The number of para-hydroxylation sites is 1. The van der Waals surface area contributed by atoms with Crippen molar-refractivity contribution in [1.29, 1.82) is 0 Å². The molecule has 2 aliphatic rings. The third kappa shape index (κ3) is 3.59. The Morgan fingerprint density at radius 1 is 1.06 bits per heavy atom. The number of nitrogens with zero attached hydrogens (tertiary/aromatic N) is 2. The summed E-state index contributed by atoms with van der Waals surface area (Å²) in [5.74, 6) is -0.497. The predicted molar refractivity (Wildman–Crippen MR) is 120 cm³/mol. The zero-order chi connectivity index (χ0) is 21.5. The summed E-state index contributed by atoms with van der Waals surface area (Å²) < 4.78 is 5.59. The van der Waals surface area contributed by atoms with Crippen LogP contribution in [0.15, 0.2) is 40.9 Å². The third-order valence-electron chi connectivity index (χ3n) is 6.61. The fourth-order valence-corrected chi connectivity index (χ4v) is 5.30. The molecule has 0 saturated carbocycles. The quantitative estimate of drug-likeness (QED) is 0.601. The first-order chi connectivity index (χ1) is 15.0. The Labute approximate surface area is 185 Å². The fraction of sp³-hybridized carbons (Fsp3) is 0.375. The van der Waals surface area contributed by atoms with Crippen LogP contribution in [0.2, 0.25) is 5.02 Å². The van der Waals surface area contributed by atoms with E-state index >= 15 is 0 Å². The Bertz CT molecular complexity index is 1160. The van der Waals surface area contributed by atoms with Gasteiger partial charge in [-0.25, -0.2) is 0 Å². The van der Waals surface area contributed by atoms with E-state index in [1.807, 2.05) is 31.2 Å². The van der Waals surface area contributed by atoms with E-state index in [1.54, 1.807) is 0 Å². The van der Waals surface area contributed by atoms with Crippen molar-refractivity contribution in [3.63, 3.8) is 0 Å². The topological polar surface area (TPSA) is 75.4 Å². The minimum Gasteiger partial charge on any atom is -0.368 e. The molecule has 7 heteroatoms. The van der Waals surface area contributed by atoms with Gasteiger partial charge >= 0.3 is 0 Å². The number of anilines is 1. The maximum Gasteiger partial charge on any atom is 0.234 e. The van der Waals surface area contributed by atoms with Crippen molar-refractivity contribution >= 4 is 40.1 Å². The average molecular weight is 438 g/mol. The highest BCUT2D eigenvalue weighted by Gasteiger charge is 2.31. The van der Waals surface area contributed by atoms with Crippen LogP contribution in [0.25, 0.3) is 11.0 Å². The number of fused-ring (bicyclic) bond motifs is 1. The summed E-state index contributed by atoms with van der Waals surface area (Å²) in [5.41, 5.74) is 4.76. The standard InChI is InChI=1S/C24H24ClN3O3/c1-14-16-4-3-7-20(23(16)31-27-14)28-12-10-15(11-13-28)17-5-2-6-18(22(17)25)19-8-9-21(29)26-24(19)30/h2-7,15,19H,8-13H2,1H3,(H,26,29,30). The van der Waals surface area contributed by atoms with Crippen LogP contribution in [0.1, 0.15) is 54.3 Å². The Hall–Kier alpha value is -2.86. The first-order valence-corrected chi connectivity index (χ1v) is 11.1. The van der Waals surface area contributed by atoms with E-state index in [0.29, 0.717) is 23.8 Å². The van der Waals surface area contributed by atoms with Gasteiger partial charge in [0.15, 0.2) is 5.58 Å². The SMILES string of the molecule is Cc1noc2c(N3CCC(c4cccc(C5CCC(=O)NC5=O)c4Cl)CC3)cccc12. The maximum atomic E-state index is 12.3. The number of imide groups is 1. The molecule has 1 unspecified atom stereocenters. The van der Waals surface area contributed by atoms with Gasteiger partial charge in [0.05, 0.1) is 17.3 Å². The van der Waals surface area contributed by atoms with Crippen LogP contribution in [0.4, 0.5) is 5.69 Å². The number of hydrogen-bond acceptors (Lipinski definition) is 5. The summed E-state index contributed by atoms with van der Waals surface area (Å²) in [7, 11) is 0. The first kappa shape index (κ1) is 20.1. The third-order valence-corrected chi connectivity index (χ3v) is 7.04. The number of benzene rings is 2. The van der Waals surface area contributed by atoms with Gasteiger partial charge in [-0.2, -0.15) is 0 Å². The summed E-state index contributed by atoms with van der Waals surface area (Å²) in [6.07, 6.45) is 2.78. The molecule has 2 amide bonds. The number of amides is 2. The molecule has 0 spiro atoms. The van der Waals surface area contributed by atoms with Crippen LogP contribution in [-0.4, -0.2) is 30.1 Å². The van der Waals surface area contributed by atoms with Crippen molar-refractivity contribution in [2.75, 3.05) is 18.0 Å². The number of carbonyl (C=O) groups is 2. The largest absolute Gasteiger partial charge is 0.368 e.